The normalized spacial score (nSPS) is 34.5. The Hall–Kier alpha value is -2.41. The summed E-state index contributed by atoms with van der Waals surface area (Å²) in [5.41, 5.74) is 2.59. The second-order valence-electron chi connectivity index (χ2n) is 6.71. The molecule has 0 amide bonds. The molecule has 0 saturated carbocycles. The summed E-state index contributed by atoms with van der Waals surface area (Å²) in [6.45, 7) is -1.02. The van der Waals surface area contributed by atoms with Crippen LogP contribution in [0.5, 0.6) is 0 Å². The number of esters is 1. The first-order chi connectivity index (χ1) is 13.1. The Morgan fingerprint density at radius 3 is 2.43 bits per heavy atom. The van der Waals surface area contributed by atoms with Gasteiger partial charge < -0.3 is 40.7 Å². The topological polar surface area (TPSA) is 197 Å². The number of fused-ring (bicyclic) bond motifs is 3. The number of ketones is 1. The SMILES string of the molecule is N[C@@H]1[C@@H](O)C[C@]2(C(=O)O)OC(=O)c3ccccc3C(=O)[C@@]1([C@H](O)[C@H](O)CO)O2. The van der Waals surface area contributed by atoms with E-state index >= 15 is 0 Å². The quantitative estimate of drug-likeness (QED) is 0.291. The van der Waals surface area contributed by atoms with Crippen LogP contribution in [0.15, 0.2) is 24.3 Å². The molecule has 1 aromatic carbocycles. The molecule has 0 aromatic heterocycles. The molecule has 3 rings (SSSR count). The number of aliphatic hydroxyl groups excluding tert-OH is 4. The van der Waals surface area contributed by atoms with Gasteiger partial charge in [0.15, 0.2) is 11.4 Å². The van der Waals surface area contributed by atoms with E-state index in [9.17, 15) is 39.9 Å². The molecule has 2 heterocycles. The fourth-order valence-corrected chi connectivity index (χ4v) is 3.56. The number of nitrogens with two attached hydrogens (primary N) is 1. The summed E-state index contributed by atoms with van der Waals surface area (Å²) in [5, 5.41) is 49.8. The molecule has 0 spiro atoms. The molecule has 1 aromatic rings. The molecule has 0 aliphatic carbocycles. The Labute approximate surface area is 157 Å². The van der Waals surface area contributed by atoms with E-state index in [0.717, 1.165) is 0 Å². The van der Waals surface area contributed by atoms with Gasteiger partial charge in [0.05, 0.1) is 30.7 Å². The maximum atomic E-state index is 13.4. The zero-order chi connectivity index (χ0) is 20.9. The van der Waals surface area contributed by atoms with E-state index in [-0.39, 0.29) is 11.1 Å². The minimum atomic E-state index is -2.86. The predicted octanol–water partition coefficient (Wildman–Crippen LogP) is -2.62. The van der Waals surface area contributed by atoms with Gasteiger partial charge in [0.25, 0.3) is 0 Å². The van der Waals surface area contributed by atoms with E-state index in [1.54, 1.807) is 0 Å². The highest BCUT2D eigenvalue weighted by Crippen LogP contribution is 2.43. The van der Waals surface area contributed by atoms with Crippen LogP contribution in [-0.2, 0) is 14.3 Å². The first-order valence-electron chi connectivity index (χ1n) is 8.32. The van der Waals surface area contributed by atoms with Gasteiger partial charge in [-0.05, 0) is 6.07 Å². The van der Waals surface area contributed by atoms with Crippen LogP contribution in [0.2, 0.25) is 0 Å². The Morgan fingerprint density at radius 2 is 1.86 bits per heavy atom. The van der Waals surface area contributed by atoms with Crippen LogP contribution in [-0.4, -0.2) is 85.6 Å². The average Bonchev–Trinajstić information content (AvgIpc) is 2.68. The van der Waals surface area contributed by atoms with E-state index in [0.29, 0.717) is 0 Å². The number of ether oxygens (including phenoxy) is 2. The molecule has 11 nitrogen and oxygen atoms in total. The maximum Gasteiger partial charge on any atom is 0.377 e. The van der Waals surface area contributed by atoms with Crippen molar-refractivity contribution in [3.63, 3.8) is 0 Å². The van der Waals surface area contributed by atoms with Crippen molar-refractivity contribution in [3.05, 3.63) is 35.4 Å². The molecule has 152 valence electrons. The lowest BCUT2D eigenvalue weighted by Gasteiger charge is -2.52. The van der Waals surface area contributed by atoms with Gasteiger partial charge in [-0.3, -0.25) is 4.79 Å². The third kappa shape index (κ3) is 2.71. The molecule has 6 atom stereocenters. The average molecular weight is 397 g/mol. The third-order valence-electron chi connectivity index (χ3n) is 5.04. The minimum Gasteiger partial charge on any atom is -0.476 e. The van der Waals surface area contributed by atoms with Crippen LogP contribution in [0.3, 0.4) is 0 Å². The lowest BCUT2D eigenvalue weighted by molar-refractivity contribution is -0.313. The zero-order valence-corrected chi connectivity index (χ0v) is 14.4. The lowest BCUT2D eigenvalue weighted by Crippen LogP contribution is -2.77. The van der Waals surface area contributed by atoms with Crippen molar-refractivity contribution in [1.29, 1.82) is 0 Å². The maximum absolute atomic E-state index is 13.4. The highest BCUT2D eigenvalue weighted by atomic mass is 16.7. The Morgan fingerprint density at radius 1 is 1.25 bits per heavy atom. The zero-order valence-electron chi connectivity index (χ0n) is 14.4. The number of carbonyl (C=O) groups excluding carboxylic acids is 2. The van der Waals surface area contributed by atoms with Gasteiger partial charge in [-0.25, -0.2) is 9.59 Å². The molecule has 0 unspecified atom stereocenters. The van der Waals surface area contributed by atoms with Crippen LogP contribution >= 0.6 is 0 Å². The number of rotatable bonds is 4. The van der Waals surface area contributed by atoms with Crippen LogP contribution in [0.4, 0.5) is 0 Å². The summed E-state index contributed by atoms with van der Waals surface area (Å²) in [4.78, 5) is 37.8. The molecule has 2 aliphatic rings. The number of aliphatic hydroxyl groups is 4. The van der Waals surface area contributed by atoms with Crippen molar-refractivity contribution in [1.82, 2.24) is 0 Å². The molecular weight excluding hydrogens is 378 g/mol. The highest BCUT2D eigenvalue weighted by Gasteiger charge is 2.68. The number of Topliss-reactive ketones (excluding diaryl/α,β-unsaturated/α-hetero) is 1. The van der Waals surface area contributed by atoms with Crippen molar-refractivity contribution in [2.24, 2.45) is 5.73 Å². The standard InChI is InChI=1S/C17H19NO10/c18-11-9(20)5-16(15(25)26)27-14(24)8-4-2-1-3-7(8)12(22)17(11,28-16)13(23)10(21)6-19/h1-4,9-11,13,19-21,23H,5-6,18H2,(H,25,26)/t9-,10+,11+,13+,16-,17-/m0/s1. The minimum absolute atomic E-state index is 0.305. The third-order valence-corrected chi connectivity index (χ3v) is 5.04. The first kappa shape index (κ1) is 20.3. The number of carboxylic acids is 1. The Kier molecular flexibility index (Phi) is 5.00. The van der Waals surface area contributed by atoms with Crippen LogP contribution in [0.25, 0.3) is 0 Å². The molecule has 2 bridgehead atoms. The summed E-state index contributed by atoms with van der Waals surface area (Å²) >= 11 is 0. The van der Waals surface area contributed by atoms with Gasteiger partial charge >= 0.3 is 17.7 Å². The summed E-state index contributed by atoms with van der Waals surface area (Å²) in [5.74, 6) is -7.04. The number of carbonyl (C=O) groups is 3. The molecule has 1 saturated heterocycles. The van der Waals surface area contributed by atoms with Crippen LogP contribution in [0.1, 0.15) is 27.1 Å². The number of hydrogen-bond acceptors (Lipinski definition) is 10. The smallest absolute Gasteiger partial charge is 0.377 e. The van der Waals surface area contributed by atoms with Gasteiger partial charge in [0.2, 0.25) is 0 Å². The Bertz CT molecular complexity index is 828. The van der Waals surface area contributed by atoms with Gasteiger partial charge in [0, 0.05) is 5.56 Å². The van der Waals surface area contributed by atoms with Gasteiger partial charge in [0.1, 0.15) is 12.2 Å². The van der Waals surface area contributed by atoms with Gasteiger partial charge in [-0.1, -0.05) is 18.2 Å². The van der Waals surface area contributed by atoms with Crippen molar-refractivity contribution < 1.29 is 49.4 Å². The van der Waals surface area contributed by atoms with Crippen LogP contribution < -0.4 is 5.73 Å². The fourth-order valence-electron chi connectivity index (χ4n) is 3.56. The number of benzene rings is 1. The molecule has 1 fully saturated rings. The van der Waals surface area contributed by atoms with Crippen LogP contribution in [0, 0.1) is 0 Å². The number of hydrogen-bond donors (Lipinski definition) is 6. The predicted molar refractivity (Wildman–Crippen MR) is 88.1 cm³/mol. The molecule has 11 heteroatoms. The second kappa shape index (κ2) is 6.88. The largest absolute Gasteiger partial charge is 0.476 e. The van der Waals surface area contributed by atoms with E-state index in [1.165, 1.54) is 24.3 Å². The van der Waals surface area contributed by atoms with Gasteiger partial charge in [-0.15, -0.1) is 0 Å². The summed E-state index contributed by atoms with van der Waals surface area (Å²) < 4.78 is 10.4. The molecular formula is C17H19NO10. The van der Waals surface area contributed by atoms with Crippen molar-refractivity contribution >= 4 is 17.7 Å². The monoisotopic (exact) mass is 397 g/mol. The summed E-state index contributed by atoms with van der Waals surface area (Å²) in [6.07, 6.45) is -6.83. The lowest BCUT2D eigenvalue weighted by atomic mass is 9.72. The van der Waals surface area contributed by atoms with E-state index < -0.39 is 66.5 Å². The van der Waals surface area contributed by atoms with E-state index in [2.05, 4.69) is 0 Å². The molecule has 7 N–H and O–H groups in total. The highest BCUT2D eigenvalue weighted by molar-refractivity contribution is 6.12. The molecule has 0 radical (unpaired) electrons. The number of aliphatic carboxylic acids is 1. The fraction of sp³-hybridized carbons (Fsp3) is 0.471. The van der Waals surface area contributed by atoms with Crippen molar-refractivity contribution in [3.8, 4) is 0 Å². The van der Waals surface area contributed by atoms with Gasteiger partial charge in [-0.2, -0.15) is 0 Å². The first-order valence-corrected chi connectivity index (χ1v) is 8.32. The van der Waals surface area contributed by atoms with E-state index in [1.807, 2.05) is 0 Å². The second-order valence-corrected chi connectivity index (χ2v) is 6.71. The summed E-state index contributed by atoms with van der Waals surface area (Å²) in [6, 6.07) is 3.48. The molecule has 28 heavy (non-hydrogen) atoms. The Balaban J connectivity index is 2.34. The van der Waals surface area contributed by atoms with Crippen molar-refractivity contribution in [2.75, 3.05) is 6.61 Å². The van der Waals surface area contributed by atoms with E-state index in [4.69, 9.17) is 15.2 Å². The number of carboxylic acid groups (broad SMARTS) is 1. The van der Waals surface area contributed by atoms with Crippen molar-refractivity contribution in [2.45, 2.75) is 42.2 Å². The summed E-state index contributed by atoms with van der Waals surface area (Å²) in [7, 11) is 0. The molecule has 2 aliphatic heterocycles.